The fourth-order valence-electron chi connectivity index (χ4n) is 2.85. The summed E-state index contributed by atoms with van der Waals surface area (Å²) in [5.74, 6) is -0.949. The summed E-state index contributed by atoms with van der Waals surface area (Å²) in [4.78, 5) is 34.7. The van der Waals surface area contributed by atoms with E-state index in [1.807, 2.05) is 13.8 Å². The summed E-state index contributed by atoms with van der Waals surface area (Å²) >= 11 is 6.88. The molecule has 0 fully saturated rings. The molecular weight excluding hydrogens is 548 g/mol. The fraction of sp³-hybridized carbons (Fsp3) is 0.318. The van der Waals surface area contributed by atoms with Crippen LogP contribution in [-0.4, -0.2) is 34.0 Å². The van der Waals surface area contributed by atoms with Crippen LogP contribution in [0.3, 0.4) is 0 Å². The number of nitrogens with one attached hydrogen (secondary N) is 1. The average molecular weight is 572 g/mol. The average Bonchev–Trinajstić information content (AvgIpc) is 2.69. The largest absolute Gasteiger partial charge is 0.508 e. The molecular formula is C22H24Br2N2O6. The van der Waals surface area contributed by atoms with Crippen molar-refractivity contribution in [3.8, 4) is 17.2 Å². The third-order valence-corrected chi connectivity index (χ3v) is 5.72. The van der Waals surface area contributed by atoms with Crippen molar-refractivity contribution in [3.63, 3.8) is 0 Å². The molecule has 0 unspecified atom stereocenters. The molecule has 2 rings (SSSR count). The van der Waals surface area contributed by atoms with Gasteiger partial charge in [0.25, 0.3) is 0 Å². The number of phenolic OH excluding ortho intramolecular Hbond substituents is 1. The van der Waals surface area contributed by atoms with Crippen LogP contribution in [0.15, 0.2) is 39.3 Å². The predicted octanol–water partition coefficient (Wildman–Crippen LogP) is 4.21. The Balaban J connectivity index is 2.05. The lowest BCUT2D eigenvalue weighted by molar-refractivity contribution is -0.138. The second-order valence-corrected chi connectivity index (χ2v) is 9.21. The van der Waals surface area contributed by atoms with E-state index in [0.717, 1.165) is 5.56 Å². The van der Waals surface area contributed by atoms with Crippen molar-refractivity contribution in [2.45, 2.75) is 45.1 Å². The maximum absolute atomic E-state index is 12.2. The van der Waals surface area contributed by atoms with Crippen LogP contribution >= 0.6 is 31.9 Å². The number of amides is 2. The lowest BCUT2D eigenvalue weighted by Gasteiger charge is -2.14. The third kappa shape index (κ3) is 7.32. The monoisotopic (exact) mass is 570 g/mol. The number of imide groups is 1. The normalized spacial score (nSPS) is 11.8. The van der Waals surface area contributed by atoms with Gasteiger partial charge < -0.3 is 20.7 Å². The zero-order valence-corrected chi connectivity index (χ0v) is 20.7. The molecule has 0 aromatic heterocycles. The maximum atomic E-state index is 12.2. The number of phenols is 1. The first-order chi connectivity index (χ1) is 15.0. The fourth-order valence-corrected chi connectivity index (χ4v) is 4.29. The molecule has 10 heteroatoms. The van der Waals surface area contributed by atoms with Crippen LogP contribution in [0.5, 0.6) is 17.2 Å². The van der Waals surface area contributed by atoms with Gasteiger partial charge in [-0.2, -0.15) is 0 Å². The van der Waals surface area contributed by atoms with Gasteiger partial charge >= 0.3 is 5.97 Å². The Morgan fingerprint density at radius 2 is 1.72 bits per heavy atom. The molecule has 0 aliphatic heterocycles. The lowest BCUT2D eigenvalue weighted by atomic mass is 10.0. The first kappa shape index (κ1) is 25.8. The molecule has 0 spiro atoms. The van der Waals surface area contributed by atoms with Crippen LogP contribution in [0.25, 0.3) is 0 Å². The highest BCUT2D eigenvalue weighted by Crippen LogP contribution is 2.39. The van der Waals surface area contributed by atoms with Gasteiger partial charge in [0.15, 0.2) is 5.75 Å². The van der Waals surface area contributed by atoms with Crippen molar-refractivity contribution < 1.29 is 29.3 Å². The summed E-state index contributed by atoms with van der Waals surface area (Å²) in [5.41, 5.74) is 6.74. The van der Waals surface area contributed by atoms with Gasteiger partial charge in [-0.1, -0.05) is 13.8 Å². The molecule has 0 bridgehead atoms. The molecule has 2 amide bonds. The zero-order valence-electron chi connectivity index (χ0n) is 17.5. The molecule has 0 radical (unpaired) electrons. The first-order valence-corrected chi connectivity index (χ1v) is 11.4. The van der Waals surface area contributed by atoms with Gasteiger partial charge in [0.2, 0.25) is 11.8 Å². The highest BCUT2D eigenvalue weighted by molar-refractivity contribution is 9.11. The van der Waals surface area contributed by atoms with Crippen LogP contribution in [0.4, 0.5) is 0 Å². The molecule has 32 heavy (non-hydrogen) atoms. The van der Waals surface area contributed by atoms with E-state index in [9.17, 15) is 19.5 Å². The Bertz CT molecular complexity index is 1000. The van der Waals surface area contributed by atoms with E-state index in [1.54, 1.807) is 30.3 Å². The van der Waals surface area contributed by atoms with Crippen LogP contribution in [-0.2, 0) is 20.8 Å². The van der Waals surface area contributed by atoms with E-state index in [0.29, 0.717) is 26.0 Å². The number of halogens is 2. The standard InChI is InChI=1S/C22H24Br2N2O6/c1-11(2)14-10-13(3-5-18(14)27)32-21-15(23)7-12(8-16(21)24)9-20(29)26-19(28)6-4-17(25)22(30)31/h3,5,7-8,10-11,17,27H,4,6,9,25H2,1-2H3,(H,30,31)(H,26,28,29)/t17-/m1/s1. The Hall–Kier alpha value is -2.43. The van der Waals surface area contributed by atoms with Gasteiger partial charge in [-0.25, -0.2) is 0 Å². The summed E-state index contributed by atoms with van der Waals surface area (Å²) in [6, 6.07) is 7.25. The van der Waals surface area contributed by atoms with E-state index in [1.165, 1.54) is 0 Å². The van der Waals surface area contributed by atoms with Gasteiger partial charge in [0.1, 0.15) is 17.5 Å². The van der Waals surface area contributed by atoms with Gasteiger partial charge in [-0.05, 0) is 80.1 Å². The number of rotatable bonds is 9. The predicted molar refractivity (Wildman–Crippen MR) is 126 cm³/mol. The van der Waals surface area contributed by atoms with Crippen molar-refractivity contribution in [2.75, 3.05) is 0 Å². The van der Waals surface area contributed by atoms with Crippen molar-refractivity contribution >= 4 is 49.6 Å². The van der Waals surface area contributed by atoms with Crippen molar-refractivity contribution in [1.29, 1.82) is 0 Å². The summed E-state index contributed by atoms with van der Waals surface area (Å²) in [6.45, 7) is 3.94. The summed E-state index contributed by atoms with van der Waals surface area (Å²) < 4.78 is 7.15. The van der Waals surface area contributed by atoms with Crippen LogP contribution in [0.1, 0.15) is 43.7 Å². The minimum atomic E-state index is -1.20. The molecule has 0 heterocycles. The number of nitrogens with two attached hydrogens (primary N) is 1. The summed E-state index contributed by atoms with van der Waals surface area (Å²) in [6.07, 6.45) is -0.289. The topological polar surface area (TPSA) is 139 Å². The quantitative estimate of drug-likeness (QED) is 0.353. The van der Waals surface area contributed by atoms with Gasteiger partial charge in [-0.3, -0.25) is 19.7 Å². The number of carboxylic acid groups (broad SMARTS) is 1. The molecule has 2 aromatic carbocycles. The number of carbonyl (C=O) groups is 3. The molecule has 0 saturated heterocycles. The Morgan fingerprint density at radius 1 is 1.09 bits per heavy atom. The molecule has 0 aliphatic carbocycles. The number of carbonyl (C=O) groups excluding carboxylic acids is 2. The number of hydrogen-bond donors (Lipinski definition) is 4. The molecule has 8 nitrogen and oxygen atoms in total. The van der Waals surface area contributed by atoms with E-state index in [-0.39, 0.29) is 30.9 Å². The number of benzene rings is 2. The van der Waals surface area contributed by atoms with E-state index < -0.39 is 23.8 Å². The molecule has 0 saturated carbocycles. The molecule has 5 N–H and O–H groups in total. The Morgan fingerprint density at radius 3 is 2.28 bits per heavy atom. The van der Waals surface area contributed by atoms with E-state index >= 15 is 0 Å². The minimum Gasteiger partial charge on any atom is -0.508 e. The van der Waals surface area contributed by atoms with Crippen LogP contribution in [0, 0.1) is 0 Å². The SMILES string of the molecule is CC(C)c1cc(Oc2c(Br)cc(CC(=O)NC(=O)CC[C@@H](N)C(=O)O)cc2Br)ccc1O. The first-order valence-electron chi connectivity index (χ1n) is 9.77. The number of hydrogen-bond acceptors (Lipinski definition) is 6. The van der Waals surface area contributed by atoms with Gasteiger partial charge in [-0.15, -0.1) is 0 Å². The van der Waals surface area contributed by atoms with Gasteiger partial charge in [0.05, 0.1) is 15.4 Å². The van der Waals surface area contributed by atoms with Crippen LogP contribution in [0.2, 0.25) is 0 Å². The van der Waals surface area contributed by atoms with E-state index in [2.05, 4.69) is 37.2 Å². The summed E-state index contributed by atoms with van der Waals surface area (Å²) in [7, 11) is 0. The Labute approximate surface area is 202 Å². The maximum Gasteiger partial charge on any atom is 0.320 e. The molecule has 1 atom stereocenters. The van der Waals surface area contributed by atoms with Crippen molar-refractivity contribution in [2.24, 2.45) is 5.73 Å². The highest BCUT2D eigenvalue weighted by Gasteiger charge is 2.17. The second kappa shape index (κ2) is 11.4. The van der Waals surface area contributed by atoms with Crippen LogP contribution < -0.4 is 15.8 Å². The number of carboxylic acids is 1. The second-order valence-electron chi connectivity index (χ2n) is 7.50. The Kier molecular flexibility index (Phi) is 9.23. The third-order valence-electron chi connectivity index (χ3n) is 4.54. The zero-order chi connectivity index (χ0) is 24.0. The van der Waals surface area contributed by atoms with Crippen molar-refractivity contribution in [1.82, 2.24) is 5.32 Å². The molecule has 172 valence electrons. The molecule has 0 aliphatic rings. The number of aliphatic carboxylic acids is 1. The number of ether oxygens (including phenoxy) is 1. The van der Waals surface area contributed by atoms with Gasteiger partial charge in [0, 0.05) is 12.0 Å². The molecule has 2 aromatic rings. The minimum absolute atomic E-state index is 0.0621. The smallest absolute Gasteiger partial charge is 0.320 e. The lowest BCUT2D eigenvalue weighted by Crippen LogP contribution is -2.35. The van der Waals surface area contributed by atoms with E-state index in [4.69, 9.17) is 15.6 Å². The number of aromatic hydroxyl groups is 1. The van der Waals surface area contributed by atoms with Crippen molar-refractivity contribution in [3.05, 3.63) is 50.4 Å². The highest BCUT2D eigenvalue weighted by atomic mass is 79.9. The summed E-state index contributed by atoms with van der Waals surface area (Å²) in [5, 5.41) is 20.9.